The Morgan fingerprint density at radius 2 is 1.81 bits per heavy atom. The predicted octanol–water partition coefficient (Wildman–Crippen LogP) is 4.66. The zero-order valence-corrected chi connectivity index (χ0v) is 18.4. The molecule has 0 fully saturated rings. The lowest BCUT2D eigenvalue weighted by atomic mass is 10.1. The summed E-state index contributed by atoms with van der Waals surface area (Å²) < 4.78 is 7.15. The van der Waals surface area contributed by atoms with Crippen molar-refractivity contribution in [3.05, 3.63) is 69.8 Å². The number of ether oxygens (including phenoxy) is 1. The van der Waals surface area contributed by atoms with Gasteiger partial charge >= 0.3 is 5.97 Å². The average molecular weight is 456 g/mol. The molecule has 0 amide bonds. The lowest BCUT2D eigenvalue weighted by molar-refractivity contribution is -0.144. The van der Waals surface area contributed by atoms with E-state index in [4.69, 9.17) is 27.9 Å². The van der Waals surface area contributed by atoms with E-state index in [0.29, 0.717) is 44.1 Å². The topological polar surface area (TPSA) is 81.9 Å². The summed E-state index contributed by atoms with van der Waals surface area (Å²) in [7, 11) is 3.58. The van der Waals surface area contributed by atoms with E-state index in [2.05, 4.69) is 20.3 Å². The number of halogens is 2. The molecule has 0 atom stereocenters. The van der Waals surface area contributed by atoms with E-state index in [0.717, 1.165) is 5.56 Å². The number of hydrogen-bond acceptors (Lipinski definition) is 6. The number of rotatable bonds is 6. The van der Waals surface area contributed by atoms with Gasteiger partial charge in [-0.3, -0.25) is 4.79 Å². The Morgan fingerprint density at radius 1 is 1.10 bits per heavy atom. The highest BCUT2D eigenvalue weighted by Gasteiger charge is 2.19. The summed E-state index contributed by atoms with van der Waals surface area (Å²) in [6.45, 7) is 0.217. The molecule has 0 aliphatic rings. The van der Waals surface area contributed by atoms with Gasteiger partial charge in [0.1, 0.15) is 17.9 Å². The van der Waals surface area contributed by atoms with Crippen molar-refractivity contribution in [1.82, 2.24) is 19.5 Å². The van der Waals surface area contributed by atoms with Crippen LogP contribution in [0.2, 0.25) is 10.0 Å². The van der Waals surface area contributed by atoms with E-state index in [1.54, 1.807) is 29.9 Å². The SMILES string of the molecule is CNc1ncc2nc(-c3c(Cl)cc(CC(=O)OCc4ccccc4)cc3Cl)n(C)c2n1. The number of carbonyl (C=O) groups is 1. The number of nitrogens with one attached hydrogen (secondary N) is 1. The van der Waals surface area contributed by atoms with Gasteiger partial charge in [-0.2, -0.15) is 4.98 Å². The molecule has 0 saturated carbocycles. The smallest absolute Gasteiger partial charge is 0.310 e. The molecule has 0 aliphatic heterocycles. The van der Waals surface area contributed by atoms with Crippen LogP contribution in [-0.2, 0) is 29.6 Å². The molecule has 0 spiro atoms. The van der Waals surface area contributed by atoms with Crippen molar-refractivity contribution in [3.63, 3.8) is 0 Å². The predicted molar refractivity (Wildman–Crippen MR) is 121 cm³/mol. The van der Waals surface area contributed by atoms with E-state index in [1.165, 1.54) is 0 Å². The second-order valence-electron chi connectivity index (χ2n) is 6.90. The first-order valence-electron chi connectivity index (χ1n) is 9.51. The third-order valence-corrected chi connectivity index (χ3v) is 5.35. The minimum absolute atomic E-state index is 0.0616. The number of aromatic nitrogens is 4. The third-order valence-electron chi connectivity index (χ3n) is 4.75. The van der Waals surface area contributed by atoms with Crippen LogP contribution >= 0.6 is 23.2 Å². The lowest BCUT2D eigenvalue weighted by Crippen LogP contribution is -2.08. The normalized spacial score (nSPS) is 11.0. The van der Waals surface area contributed by atoms with Crippen LogP contribution in [0, 0.1) is 0 Å². The van der Waals surface area contributed by atoms with Crippen molar-refractivity contribution in [1.29, 1.82) is 0 Å². The van der Waals surface area contributed by atoms with Crippen molar-refractivity contribution < 1.29 is 9.53 Å². The fourth-order valence-corrected chi connectivity index (χ4v) is 3.92. The Hall–Kier alpha value is -3.16. The quantitative estimate of drug-likeness (QED) is 0.425. The van der Waals surface area contributed by atoms with Gasteiger partial charge in [-0.05, 0) is 23.3 Å². The van der Waals surface area contributed by atoms with Gasteiger partial charge in [0.05, 0.1) is 28.2 Å². The number of fused-ring (bicyclic) bond motifs is 1. The van der Waals surface area contributed by atoms with Gasteiger partial charge in [0.25, 0.3) is 0 Å². The molecule has 0 radical (unpaired) electrons. The van der Waals surface area contributed by atoms with Gasteiger partial charge in [0.2, 0.25) is 5.95 Å². The molecule has 9 heteroatoms. The van der Waals surface area contributed by atoms with Crippen LogP contribution in [0.5, 0.6) is 0 Å². The number of benzene rings is 2. The first-order chi connectivity index (χ1) is 15.0. The van der Waals surface area contributed by atoms with Crippen LogP contribution in [0.25, 0.3) is 22.6 Å². The Labute approximate surface area is 189 Å². The number of anilines is 1. The van der Waals surface area contributed by atoms with Crippen molar-refractivity contribution in [3.8, 4) is 11.4 Å². The second-order valence-corrected chi connectivity index (χ2v) is 7.72. The number of nitrogens with zero attached hydrogens (tertiary/aromatic N) is 4. The maximum absolute atomic E-state index is 12.2. The number of aryl methyl sites for hydroxylation is 1. The fourth-order valence-electron chi connectivity index (χ4n) is 3.22. The number of imidazole rings is 1. The molecule has 0 saturated heterocycles. The fraction of sp³-hybridized carbons (Fsp3) is 0.182. The molecule has 0 unspecified atom stereocenters. The highest BCUT2D eigenvalue weighted by molar-refractivity contribution is 6.39. The average Bonchev–Trinajstić information content (AvgIpc) is 3.08. The molecule has 2 aromatic carbocycles. The molecule has 158 valence electrons. The van der Waals surface area contributed by atoms with Crippen LogP contribution < -0.4 is 5.32 Å². The largest absolute Gasteiger partial charge is 0.461 e. The highest BCUT2D eigenvalue weighted by atomic mass is 35.5. The van der Waals surface area contributed by atoms with Gasteiger partial charge in [0.15, 0.2) is 5.65 Å². The van der Waals surface area contributed by atoms with Gasteiger partial charge in [0, 0.05) is 14.1 Å². The zero-order chi connectivity index (χ0) is 22.0. The molecule has 0 aliphatic carbocycles. The van der Waals surface area contributed by atoms with Crippen molar-refractivity contribution >= 4 is 46.3 Å². The molecular weight excluding hydrogens is 437 g/mol. The monoisotopic (exact) mass is 455 g/mol. The van der Waals surface area contributed by atoms with Gasteiger partial charge in [-0.25, -0.2) is 9.97 Å². The summed E-state index contributed by atoms with van der Waals surface area (Å²) in [6.07, 6.45) is 1.70. The summed E-state index contributed by atoms with van der Waals surface area (Å²) in [5.41, 5.74) is 3.42. The second kappa shape index (κ2) is 8.91. The summed E-state index contributed by atoms with van der Waals surface area (Å²) in [5.74, 6) is 0.690. The van der Waals surface area contributed by atoms with Gasteiger partial charge in [-0.1, -0.05) is 53.5 Å². The molecule has 2 aromatic heterocycles. The minimum atomic E-state index is -0.360. The summed E-state index contributed by atoms with van der Waals surface area (Å²) in [4.78, 5) is 25.5. The van der Waals surface area contributed by atoms with E-state index in [1.807, 2.05) is 37.4 Å². The van der Waals surface area contributed by atoms with Crippen molar-refractivity contribution in [2.75, 3.05) is 12.4 Å². The van der Waals surface area contributed by atoms with Crippen molar-refractivity contribution in [2.45, 2.75) is 13.0 Å². The van der Waals surface area contributed by atoms with Gasteiger partial charge in [-0.15, -0.1) is 0 Å². The molecule has 1 N–H and O–H groups in total. The first kappa shape index (κ1) is 21.1. The summed E-state index contributed by atoms with van der Waals surface area (Å²) in [5, 5.41) is 3.68. The number of hydrogen-bond donors (Lipinski definition) is 1. The Bertz CT molecular complexity index is 1230. The van der Waals surface area contributed by atoms with Crippen LogP contribution in [0.4, 0.5) is 5.95 Å². The van der Waals surface area contributed by atoms with Crippen LogP contribution in [-0.4, -0.2) is 32.5 Å². The third kappa shape index (κ3) is 4.47. The molecule has 31 heavy (non-hydrogen) atoms. The molecule has 7 nitrogen and oxygen atoms in total. The standard InChI is InChI=1S/C22H19Cl2N5O2/c1-25-22-26-11-17-20(28-22)29(2)21(27-17)19-15(23)8-14(9-16(19)24)10-18(30)31-12-13-6-4-3-5-7-13/h3-9,11H,10,12H2,1-2H3,(H,25,26,28). The van der Waals surface area contributed by atoms with E-state index >= 15 is 0 Å². The van der Waals surface area contributed by atoms with Gasteiger partial charge < -0.3 is 14.6 Å². The maximum atomic E-state index is 12.2. The summed E-state index contributed by atoms with van der Waals surface area (Å²) in [6, 6.07) is 12.9. The summed E-state index contributed by atoms with van der Waals surface area (Å²) >= 11 is 13.1. The Kier molecular flexibility index (Phi) is 6.06. The number of esters is 1. The van der Waals surface area contributed by atoms with E-state index in [-0.39, 0.29) is 19.0 Å². The van der Waals surface area contributed by atoms with Crippen molar-refractivity contribution in [2.24, 2.45) is 7.05 Å². The lowest BCUT2D eigenvalue weighted by Gasteiger charge is -2.10. The Balaban J connectivity index is 1.57. The van der Waals surface area contributed by atoms with E-state index < -0.39 is 0 Å². The van der Waals surface area contributed by atoms with Crippen LogP contribution in [0.3, 0.4) is 0 Å². The van der Waals surface area contributed by atoms with E-state index in [9.17, 15) is 4.79 Å². The molecule has 4 rings (SSSR count). The molecule has 0 bridgehead atoms. The number of carbonyl (C=O) groups excluding carboxylic acids is 1. The van der Waals surface area contributed by atoms with Crippen LogP contribution in [0.15, 0.2) is 48.7 Å². The Morgan fingerprint density at radius 3 is 2.48 bits per heavy atom. The highest BCUT2D eigenvalue weighted by Crippen LogP contribution is 2.36. The minimum Gasteiger partial charge on any atom is -0.461 e. The molecule has 2 heterocycles. The first-order valence-corrected chi connectivity index (χ1v) is 10.3. The van der Waals surface area contributed by atoms with Crippen LogP contribution in [0.1, 0.15) is 11.1 Å². The molecular formula is C22H19Cl2N5O2. The molecule has 4 aromatic rings. The zero-order valence-electron chi connectivity index (χ0n) is 16.9. The maximum Gasteiger partial charge on any atom is 0.310 e.